The average molecular weight is 462 g/mol. The minimum absolute atomic E-state index is 0.0634. The SMILES string of the molecule is Cc1ccc(S(=O)(=O)OC2CC3CCC2C3NS(=O)(=O)c2ccc(Cl)s2)cc1. The summed E-state index contributed by atoms with van der Waals surface area (Å²) in [7, 11) is -7.59. The first-order chi connectivity index (χ1) is 13.2. The van der Waals surface area contributed by atoms with Gasteiger partial charge in [0.1, 0.15) is 4.21 Å². The Labute approximate surface area is 174 Å². The maximum absolute atomic E-state index is 12.6. The van der Waals surface area contributed by atoms with Crippen LogP contribution in [0.5, 0.6) is 0 Å². The molecule has 2 aromatic rings. The lowest BCUT2D eigenvalue weighted by Crippen LogP contribution is -2.39. The van der Waals surface area contributed by atoms with Crippen molar-refractivity contribution in [3.05, 3.63) is 46.3 Å². The van der Waals surface area contributed by atoms with E-state index in [0.29, 0.717) is 10.8 Å². The summed E-state index contributed by atoms with van der Waals surface area (Å²) in [6.07, 6.45) is 1.59. The van der Waals surface area contributed by atoms with Gasteiger partial charge in [0.25, 0.3) is 10.1 Å². The fourth-order valence-electron chi connectivity index (χ4n) is 4.17. The van der Waals surface area contributed by atoms with Crippen molar-refractivity contribution in [2.75, 3.05) is 0 Å². The highest BCUT2D eigenvalue weighted by Gasteiger charge is 2.51. The lowest BCUT2D eigenvalue weighted by Gasteiger charge is -2.22. The van der Waals surface area contributed by atoms with Crippen LogP contribution in [-0.2, 0) is 24.3 Å². The van der Waals surface area contributed by atoms with Crippen LogP contribution in [0.4, 0.5) is 0 Å². The third-order valence-corrected chi connectivity index (χ3v) is 10.0. The number of thiophene rings is 1. The second-order valence-electron chi connectivity index (χ2n) is 7.34. The minimum Gasteiger partial charge on any atom is -0.263 e. The Morgan fingerprint density at radius 2 is 1.79 bits per heavy atom. The Kier molecular flexibility index (Phi) is 5.35. The van der Waals surface area contributed by atoms with E-state index >= 15 is 0 Å². The van der Waals surface area contributed by atoms with Gasteiger partial charge in [-0.15, -0.1) is 11.3 Å². The fourth-order valence-corrected chi connectivity index (χ4v) is 8.15. The highest BCUT2D eigenvalue weighted by molar-refractivity contribution is 7.91. The van der Waals surface area contributed by atoms with Gasteiger partial charge in [0.05, 0.1) is 15.3 Å². The largest absolute Gasteiger partial charge is 0.297 e. The summed E-state index contributed by atoms with van der Waals surface area (Å²) < 4.78 is 59.4. The van der Waals surface area contributed by atoms with Crippen molar-refractivity contribution in [2.45, 2.75) is 47.4 Å². The Morgan fingerprint density at radius 1 is 1.07 bits per heavy atom. The first-order valence-electron chi connectivity index (χ1n) is 8.93. The van der Waals surface area contributed by atoms with Crippen LogP contribution in [-0.4, -0.2) is 29.0 Å². The van der Waals surface area contributed by atoms with E-state index in [1.165, 1.54) is 18.2 Å². The van der Waals surface area contributed by atoms with Crippen LogP contribution in [0.2, 0.25) is 4.34 Å². The lowest BCUT2D eigenvalue weighted by atomic mass is 9.98. The topological polar surface area (TPSA) is 89.5 Å². The first kappa shape index (κ1) is 20.3. The van der Waals surface area contributed by atoms with Crippen LogP contribution in [0.1, 0.15) is 24.8 Å². The van der Waals surface area contributed by atoms with Gasteiger partial charge in [-0.25, -0.2) is 13.1 Å². The standard InChI is InChI=1S/C18H20ClNO5S3/c1-11-2-5-13(6-3-11)28(23,24)25-15-10-12-4-7-14(15)18(12)20-27(21,22)17-9-8-16(19)26-17/h2-3,5-6,8-9,12,14-15,18,20H,4,7,10H2,1H3. The molecule has 1 aromatic carbocycles. The number of aryl methyl sites for hydroxylation is 1. The third-order valence-electron chi connectivity index (χ3n) is 5.52. The molecule has 0 spiro atoms. The number of sulfonamides is 1. The molecular formula is C18H20ClNO5S3. The molecule has 1 heterocycles. The summed E-state index contributed by atoms with van der Waals surface area (Å²) in [6, 6.07) is 9.19. The minimum atomic E-state index is -3.89. The molecule has 6 nitrogen and oxygen atoms in total. The van der Waals surface area contributed by atoms with E-state index < -0.39 is 26.2 Å². The molecule has 2 aliphatic rings. The zero-order chi connectivity index (χ0) is 20.1. The van der Waals surface area contributed by atoms with E-state index in [0.717, 1.165) is 29.7 Å². The van der Waals surface area contributed by atoms with Crippen molar-refractivity contribution in [1.29, 1.82) is 0 Å². The molecule has 2 fully saturated rings. The summed E-state index contributed by atoms with van der Waals surface area (Å²) in [6.45, 7) is 1.88. The van der Waals surface area contributed by atoms with Crippen LogP contribution >= 0.6 is 22.9 Å². The van der Waals surface area contributed by atoms with Crippen molar-refractivity contribution in [3.8, 4) is 0 Å². The summed E-state index contributed by atoms with van der Waals surface area (Å²) in [5.74, 6) is -0.108. The number of nitrogens with one attached hydrogen (secondary N) is 1. The molecule has 4 atom stereocenters. The van der Waals surface area contributed by atoms with Crippen LogP contribution in [0.15, 0.2) is 45.5 Å². The van der Waals surface area contributed by atoms with Crippen LogP contribution in [0.3, 0.4) is 0 Å². The highest BCUT2D eigenvalue weighted by atomic mass is 35.5. The Hall–Kier alpha value is -0.970. The van der Waals surface area contributed by atoms with Crippen molar-refractivity contribution >= 4 is 43.1 Å². The maximum atomic E-state index is 12.6. The van der Waals surface area contributed by atoms with Crippen molar-refractivity contribution in [2.24, 2.45) is 11.8 Å². The Balaban J connectivity index is 1.50. The molecule has 1 aromatic heterocycles. The van der Waals surface area contributed by atoms with Crippen molar-refractivity contribution in [3.63, 3.8) is 0 Å². The molecule has 28 heavy (non-hydrogen) atoms. The molecule has 0 amide bonds. The van der Waals surface area contributed by atoms with Gasteiger partial charge >= 0.3 is 0 Å². The number of hydrogen-bond donors (Lipinski definition) is 1. The van der Waals surface area contributed by atoms with E-state index in [4.69, 9.17) is 15.8 Å². The van der Waals surface area contributed by atoms with Crippen molar-refractivity contribution < 1.29 is 21.0 Å². The molecule has 2 saturated carbocycles. The summed E-state index contributed by atoms with van der Waals surface area (Å²) in [5.41, 5.74) is 0.960. The van der Waals surface area contributed by atoms with Gasteiger partial charge in [0, 0.05) is 12.0 Å². The second kappa shape index (κ2) is 7.37. The van der Waals surface area contributed by atoms with Gasteiger partial charge in [-0.2, -0.15) is 8.42 Å². The number of rotatable bonds is 6. The maximum Gasteiger partial charge on any atom is 0.297 e. The molecule has 1 N–H and O–H groups in total. The van der Waals surface area contributed by atoms with E-state index in [1.54, 1.807) is 18.2 Å². The molecule has 0 radical (unpaired) electrons. The average Bonchev–Trinajstić information content (AvgIpc) is 3.30. The van der Waals surface area contributed by atoms with Gasteiger partial charge in [-0.3, -0.25) is 4.18 Å². The predicted molar refractivity (Wildman–Crippen MR) is 108 cm³/mol. The van der Waals surface area contributed by atoms with E-state index in [9.17, 15) is 16.8 Å². The number of halogens is 1. The smallest absolute Gasteiger partial charge is 0.263 e. The molecule has 152 valence electrons. The van der Waals surface area contributed by atoms with Gasteiger partial charge in [0.15, 0.2) is 0 Å². The molecular weight excluding hydrogens is 442 g/mol. The molecule has 2 bridgehead atoms. The Bertz CT molecular complexity index is 1080. The number of fused-ring (bicyclic) bond motifs is 2. The number of benzene rings is 1. The highest BCUT2D eigenvalue weighted by Crippen LogP contribution is 2.47. The monoisotopic (exact) mass is 461 g/mol. The normalized spacial score (nSPS) is 27.4. The van der Waals surface area contributed by atoms with Crippen LogP contribution in [0, 0.1) is 18.8 Å². The van der Waals surface area contributed by atoms with Gasteiger partial charge in [0.2, 0.25) is 10.0 Å². The van der Waals surface area contributed by atoms with Gasteiger partial charge in [-0.1, -0.05) is 29.3 Å². The molecule has 4 unspecified atom stereocenters. The Morgan fingerprint density at radius 3 is 2.43 bits per heavy atom. The molecule has 4 rings (SSSR count). The third kappa shape index (κ3) is 3.88. The van der Waals surface area contributed by atoms with Crippen molar-refractivity contribution in [1.82, 2.24) is 4.72 Å². The molecule has 0 aliphatic heterocycles. The molecule has 2 aliphatic carbocycles. The van der Waals surface area contributed by atoms with Crippen LogP contribution in [0.25, 0.3) is 0 Å². The summed E-state index contributed by atoms with van der Waals surface area (Å²) in [4.78, 5) is 0.117. The van der Waals surface area contributed by atoms with E-state index in [1.807, 2.05) is 6.92 Å². The van der Waals surface area contributed by atoms with Crippen LogP contribution < -0.4 is 4.72 Å². The second-order valence-corrected chi connectivity index (χ2v) is 12.6. The lowest BCUT2D eigenvalue weighted by molar-refractivity contribution is 0.143. The zero-order valence-electron chi connectivity index (χ0n) is 15.0. The summed E-state index contributed by atoms with van der Waals surface area (Å²) >= 11 is 6.85. The van der Waals surface area contributed by atoms with E-state index in [2.05, 4.69) is 4.72 Å². The zero-order valence-corrected chi connectivity index (χ0v) is 18.2. The molecule has 0 saturated heterocycles. The summed E-state index contributed by atoms with van der Waals surface area (Å²) in [5, 5.41) is 0. The molecule has 10 heteroatoms. The fraction of sp³-hybridized carbons (Fsp3) is 0.444. The predicted octanol–water partition coefficient (Wildman–Crippen LogP) is 3.56. The van der Waals surface area contributed by atoms with Gasteiger partial charge in [-0.05, 0) is 56.4 Å². The van der Waals surface area contributed by atoms with E-state index in [-0.39, 0.29) is 27.0 Å². The quantitative estimate of drug-likeness (QED) is 0.664. The van der Waals surface area contributed by atoms with Gasteiger partial charge < -0.3 is 0 Å². The first-order valence-corrected chi connectivity index (χ1v) is 13.0. The number of hydrogen-bond acceptors (Lipinski definition) is 6.